The van der Waals surface area contributed by atoms with Gasteiger partial charge in [-0.3, -0.25) is 9.59 Å². The van der Waals surface area contributed by atoms with Gasteiger partial charge in [0.05, 0.1) is 12.8 Å². The van der Waals surface area contributed by atoms with Crippen molar-refractivity contribution in [2.24, 2.45) is 0 Å². The van der Waals surface area contributed by atoms with Crippen LogP contribution in [0.3, 0.4) is 0 Å². The predicted octanol–water partition coefficient (Wildman–Crippen LogP) is 2.40. The van der Waals surface area contributed by atoms with E-state index in [1.807, 2.05) is 13.0 Å². The van der Waals surface area contributed by atoms with Crippen LogP contribution in [0, 0.1) is 12.7 Å². The summed E-state index contributed by atoms with van der Waals surface area (Å²) in [6.45, 7) is 2.00. The van der Waals surface area contributed by atoms with Gasteiger partial charge in [0.25, 0.3) is 0 Å². The molecule has 0 spiro atoms. The zero-order valence-electron chi connectivity index (χ0n) is 12.9. The first-order chi connectivity index (χ1) is 11.0. The second kappa shape index (κ2) is 7.40. The molecule has 2 N–H and O–H groups in total. The van der Waals surface area contributed by atoms with Gasteiger partial charge in [0, 0.05) is 6.54 Å². The van der Waals surface area contributed by atoms with Gasteiger partial charge in [-0.05, 0) is 42.3 Å². The van der Waals surface area contributed by atoms with Crippen molar-refractivity contribution in [1.29, 1.82) is 0 Å². The van der Waals surface area contributed by atoms with Gasteiger partial charge < -0.3 is 15.4 Å². The number of halogens is 1. The highest BCUT2D eigenvalue weighted by molar-refractivity contribution is 6.39. The molecule has 0 heterocycles. The highest BCUT2D eigenvalue weighted by Gasteiger charge is 2.15. The fraction of sp³-hybridized carbons (Fsp3) is 0.176. The molecule has 23 heavy (non-hydrogen) atoms. The number of aryl methyl sites for hydroxylation is 1. The first-order valence-electron chi connectivity index (χ1n) is 6.98. The van der Waals surface area contributed by atoms with Crippen LogP contribution in [0.2, 0.25) is 0 Å². The van der Waals surface area contributed by atoms with E-state index >= 15 is 0 Å². The third-order valence-electron chi connectivity index (χ3n) is 3.18. The van der Waals surface area contributed by atoms with Gasteiger partial charge in [-0.2, -0.15) is 0 Å². The second-order valence-corrected chi connectivity index (χ2v) is 4.97. The molecule has 2 amide bonds. The highest BCUT2D eigenvalue weighted by Crippen LogP contribution is 2.24. The number of nitrogens with one attached hydrogen (secondary N) is 2. The lowest BCUT2D eigenvalue weighted by atomic mass is 10.2. The summed E-state index contributed by atoms with van der Waals surface area (Å²) in [6, 6.07) is 10.9. The molecule has 0 fully saturated rings. The number of hydrogen-bond donors (Lipinski definition) is 2. The lowest BCUT2D eigenvalue weighted by molar-refractivity contribution is -0.136. The number of hydrogen-bond acceptors (Lipinski definition) is 3. The van der Waals surface area contributed by atoms with Gasteiger partial charge in [0.15, 0.2) is 0 Å². The summed E-state index contributed by atoms with van der Waals surface area (Å²) in [7, 11) is 1.48. The minimum absolute atomic E-state index is 0.136. The average molecular weight is 316 g/mol. The quantitative estimate of drug-likeness (QED) is 0.851. The summed E-state index contributed by atoms with van der Waals surface area (Å²) < 4.78 is 17.9. The summed E-state index contributed by atoms with van der Waals surface area (Å²) in [5, 5.41) is 4.99. The molecule has 0 radical (unpaired) electrons. The van der Waals surface area contributed by atoms with Crippen molar-refractivity contribution in [3.05, 3.63) is 59.4 Å². The van der Waals surface area contributed by atoms with Gasteiger partial charge in [-0.25, -0.2) is 4.39 Å². The Kier molecular flexibility index (Phi) is 5.30. The monoisotopic (exact) mass is 316 g/mol. The van der Waals surface area contributed by atoms with E-state index in [4.69, 9.17) is 4.74 Å². The van der Waals surface area contributed by atoms with Crippen molar-refractivity contribution in [3.63, 3.8) is 0 Å². The first-order valence-corrected chi connectivity index (χ1v) is 6.98. The van der Waals surface area contributed by atoms with Crippen molar-refractivity contribution in [2.45, 2.75) is 13.5 Å². The summed E-state index contributed by atoms with van der Waals surface area (Å²) in [4.78, 5) is 23.8. The lowest BCUT2D eigenvalue weighted by Crippen LogP contribution is -2.35. The normalized spacial score (nSPS) is 10.0. The van der Waals surface area contributed by atoms with Crippen LogP contribution in [0.4, 0.5) is 10.1 Å². The fourth-order valence-corrected chi connectivity index (χ4v) is 1.96. The predicted molar refractivity (Wildman–Crippen MR) is 84.6 cm³/mol. The zero-order valence-corrected chi connectivity index (χ0v) is 12.9. The van der Waals surface area contributed by atoms with E-state index < -0.39 is 11.8 Å². The Morgan fingerprint density at radius 3 is 2.43 bits per heavy atom. The maximum atomic E-state index is 12.8. The molecule has 2 aromatic carbocycles. The second-order valence-electron chi connectivity index (χ2n) is 4.97. The Hall–Kier alpha value is -2.89. The molecule has 6 heteroatoms. The summed E-state index contributed by atoms with van der Waals surface area (Å²) in [5.41, 5.74) is 2.04. The van der Waals surface area contributed by atoms with Gasteiger partial charge in [-0.15, -0.1) is 0 Å². The van der Waals surface area contributed by atoms with Gasteiger partial charge in [0.1, 0.15) is 11.6 Å². The van der Waals surface area contributed by atoms with Crippen molar-refractivity contribution in [1.82, 2.24) is 5.32 Å². The van der Waals surface area contributed by atoms with Crippen LogP contribution in [0.15, 0.2) is 42.5 Å². The van der Waals surface area contributed by atoms with E-state index in [1.54, 1.807) is 12.1 Å². The first kappa shape index (κ1) is 16.5. The fourth-order valence-electron chi connectivity index (χ4n) is 1.96. The van der Waals surface area contributed by atoms with Crippen molar-refractivity contribution >= 4 is 17.5 Å². The van der Waals surface area contributed by atoms with E-state index in [0.717, 1.165) is 5.56 Å². The number of carbonyl (C=O) groups is 2. The average Bonchev–Trinajstić information content (AvgIpc) is 2.54. The molecule has 0 aliphatic heterocycles. The number of rotatable bonds is 4. The van der Waals surface area contributed by atoms with E-state index in [-0.39, 0.29) is 12.4 Å². The maximum Gasteiger partial charge on any atom is 0.313 e. The van der Waals surface area contributed by atoms with Gasteiger partial charge in [0.2, 0.25) is 0 Å². The van der Waals surface area contributed by atoms with Crippen molar-refractivity contribution in [2.75, 3.05) is 12.4 Å². The molecule has 0 aliphatic rings. The minimum atomic E-state index is -0.795. The molecular weight excluding hydrogens is 299 g/mol. The largest absolute Gasteiger partial charge is 0.495 e. The SMILES string of the molecule is COc1ccc(C)cc1NC(=O)C(=O)NCc1ccc(F)cc1. The molecule has 0 bridgehead atoms. The molecule has 120 valence electrons. The molecule has 2 rings (SSSR count). The standard InChI is InChI=1S/C17H17FN2O3/c1-11-3-8-15(23-2)14(9-11)20-17(22)16(21)19-10-12-4-6-13(18)7-5-12/h3-9H,10H2,1-2H3,(H,19,21)(H,20,22). The summed E-state index contributed by atoms with van der Waals surface area (Å²) >= 11 is 0. The Morgan fingerprint density at radius 1 is 1.09 bits per heavy atom. The highest BCUT2D eigenvalue weighted by atomic mass is 19.1. The van der Waals surface area contributed by atoms with Crippen LogP contribution in [-0.2, 0) is 16.1 Å². The van der Waals surface area contributed by atoms with E-state index in [0.29, 0.717) is 17.0 Å². The number of anilines is 1. The topological polar surface area (TPSA) is 67.4 Å². The molecule has 0 unspecified atom stereocenters. The molecule has 0 aliphatic carbocycles. The molecule has 0 atom stereocenters. The van der Waals surface area contributed by atoms with Crippen molar-refractivity contribution in [3.8, 4) is 5.75 Å². The summed E-state index contributed by atoms with van der Waals surface area (Å²) in [5.74, 6) is -1.46. The molecule has 0 aromatic heterocycles. The van der Waals surface area contributed by atoms with Crippen molar-refractivity contribution < 1.29 is 18.7 Å². The number of carbonyl (C=O) groups excluding carboxylic acids is 2. The molecule has 0 saturated heterocycles. The third-order valence-corrected chi connectivity index (χ3v) is 3.18. The van der Waals surface area contributed by atoms with Crippen LogP contribution >= 0.6 is 0 Å². The Labute approximate surface area is 133 Å². The Morgan fingerprint density at radius 2 is 1.78 bits per heavy atom. The van der Waals surface area contributed by atoms with E-state index in [9.17, 15) is 14.0 Å². The van der Waals surface area contributed by atoms with Crippen LogP contribution < -0.4 is 15.4 Å². The molecule has 0 saturated carbocycles. The molecule has 5 nitrogen and oxygen atoms in total. The third kappa shape index (κ3) is 4.54. The Balaban J connectivity index is 1.96. The minimum Gasteiger partial charge on any atom is -0.495 e. The number of benzene rings is 2. The van der Waals surface area contributed by atoms with E-state index in [1.165, 1.54) is 31.4 Å². The Bertz CT molecular complexity index is 714. The number of ether oxygens (including phenoxy) is 1. The zero-order chi connectivity index (χ0) is 16.8. The van der Waals surface area contributed by atoms with E-state index in [2.05, 4.69) is 10.6 Å². The smallest absolute Gasteiger partial charge is 0.313 e. The molecular formula is C17H17FN2O3. The lowest BCUT2D eigenvalue weighted by Gasteiger charge is -2.11. The molecule has 2 aromatic rings. The van der Waals surface area contributed by atoms with Crippen LogP contribution in [0.1, 0.15) is 11.1 Å². The number of methoxy groups -OCH3 is 1. The maximum absolute atomic E-state index is 12.8. The summed E-state index contributed by atoms with van der Waals surface area (Å²) in [6.07, 6.45) is 0. The van der Waals surface area contributed by atoms with Crippen LogP contribution in [0.25, 0.3) is 0 Å². The number of amides is 2. The van der Waals surface area contributed by atoms with Gasteiger partial charge >= 0.3 is 11.8 Å². The van der Waals surface area contributed by atoms with Crippen LogP contribution in [-0.4, -0.2) is 18.9 Å². The van der Waals surface area contributed by atoms with Gasteiger partial charge in [-0.1, -0.05) is 18.2 Å². The van der Waals surface area contributed by atoms with Crippen LogP contribution in [0.5, 0.6) is 5.75 Å².